The van der Waals surface area contributed by atoms with Crippen molar-refractivity contribution in [2.75, 3.05) is 25.1 Å². The van der Waals surface area contributed by atoms with Crippen molar-refractivity contribution >= 4 is 28.9 Å². The third kappa shape index (κ3) is 5.03. The van der Waals surface area contributed by atoms with E-state index in [0.29, 0.717) is 29.8 Å². The van der Waals surface area contributed by atoms with Gasteiger partial charge in [0, 0.05) is 28.9 Å². The molecule has 0 radical (unpaired) electrons. The lowest BCUT2D eigenvalue weighted by atomic mass is 10.3. The highest BCUT2D eigenvalue weighted by molar-refractivity contribution is 6.35. The normalized spacial score (nSPS) is 12.5. The first-order valence-electron chi connectivity index (χ1n) is 5.07. The van der Waals surface area contributed by atoms with Crippen LogP contribution in [0.5, 0.6) is 0 Å². The van der Waals surface area contributed by atoms with Crippen LogP contribution in [0.4, 0.5) is 5.69 Å². The third-order valence-corrected chi connectivity index (χ3v) is 2.36. The fourth-order valence-electron chi connectivity index (χ4n) is 1.20. The minimum atomic E-state index is -0.544. The number of hydrogen-bond donors (Lipinski definition) is 2. The molecule has 1 rings (SSSR count). The summed E-state index contributed by atoms with van der Waals surface area (Å²) in [5.74, 6) is 0. The summed E-state index contributed by atoms with van der Waals surface area (Å²) in [6.45, 7) is 3.20. The topological polar surface area (TPSA) is 41.5 Å². The van der Waals surface area contributed by atoms with Crippen molar-refractivity contribution in [2.45, 2.75) is 13.0 Å². The number of anilines is 1. The van der Waals surface area contributed by atoms with Crippen molar-refractivity contribution < 1.29 is 9.84 Å². The zero-order chi connectivity index (χ0) is 12.0. The molecule has 1 unspecified atom stereocenters. The molecule has 1 aromatic rings. The van der Waals surface area contributed by atoms with Gasteiger partial charge in [0.25, 0.3) is 0 Å². The smallest absolute Gasteiger partial charge is 0.0945 e. The molecule has 0 saturated carbocycles. The molecule has 0 aliphatic carbocycles. The summed E-state index contributed by atoms with van der Waals surface area (Å²) in [5, 5.41) is 13.7. The maximum absolute atomic E-state index is 9.53. The van der Waals surface area contributed by atoms with Crippen molar-refractivity contribution in [1.29, 1.82) is 0 Å². The summed E-state index contributed by atoms with van der Waals surface area (Å²) in [6.07, 6.45) is -0.544. The first kappa shape index (κ1) is 13.6. The van der Waals surface area contributed by atoms with E-state index in [0.717, 1.165) is 5.69 Å². The molecular weight excluding hydrogens is 249 g/mol. The fraction of sp³-hybridized carbons (Fsp3) is 0.455. The van der Waals surface area contributed by atoms with Crippen molar-refractivity contribution in [3.63, 3.8) is 0 Å². The van der Waals surface area contributed by atoms with E-state index in [4.69, 9.17) is 27.9 Å². The molecule has 0 fully saturated rings. The van der Waals surface area contributed by atoms with E-state index in [1.807, 2.05) is 6.92 Å². The average Bonchev–Trinajstić information content (AvgIpc) is 2.22. The first-order valence-corrected chi connectivity index (χ1v) is 5.83. The van der Waals surface area contributed by atoms with Crippen molar-refractivity contribution in [1.82, 2.24) is 0 Å². The van der Waals surface area contributed by atoms with E-state index in [1.54, 1.807) is 18.2 Å². The van der Waals surface area contributed by atoms with Gasteiger partial charge in [-0.05, 0) is 25.1 Å². The molecule has 16 heavy (non-hydrogen) atoms. The molecule has 3 nitrogen and oxygen atoms in total. The van der Waals surface area contributed by atoms with Crippen LogP contribution in [0.2, 0.25) is 10.0 Å². The van der Waals surface area contributed by atoms with E-state index in [9.17, 15) is 5.11 Å². The lowest BCUT2D eigenvalue weighted by Gasteiger charge is -2.13. The number of ether oxygens (including phenoxy) is 1. The lowest BCUT2D eigenvalue weighted by Crippen LogP contribution is -2.24. The number of rotatable bonds is 6. The molecule has 1 atom stereocenters. The standard InChI is InChI=1S/C11H15Cl2NO2/c1-2-16-7-11(15)6-14-10-4-8(12)3-9(13)5-10/h3-5,11,14-15H,2,6-7H2,1H3. The van der Waals surface area contributed by atoms with Gasteiger partial charge in [-0.25, -0.2) is 0 Å². The van der Waals surface area contributed by atoms with Crippen LogP contribution in [-0.2, 0) is 4.74 Å². The Bertz CT molecular complexity index is 314. The van der Waals surface area contributed by atoms with Gasteiger partial charge in [0.15, 0.2) is 0 Å². The fourth-order valence-corrected chi connectivity index (χ4v) is 1.73. The van der Waals surface area contributed by atoms with Crippen LogP contribution >= 0.6 is 23.2 Å². The van der Waals surface area contributed by atoms with E-state index in [1.165, 1.54) is 0 Å². The highest BCUT2D eigenvalue weighted by atomic mass is 35.5. The number of nitrogens with one attached hydrogen (secondary N) is 1. The number of aliphatic hydroxyl groups excluding tert-OH is 1. The van der Waals surface area contributed by atoms with Gasteiger partial charge in [-0.15, -0.1) is 0 Å². The molecule has 0 saturated heterocycles. The largest absolute Gasteiger partial charge is 0.389 e. The summed E-state index contributed by atoms with van der Waals surface area (Å²) < 4.78 is 5.09. The molecule has 0 aromatic heterocycles. The predicted molar refractivity (Wildman–Crippen MR) is 67.5 cm³/mol. The second kappa shape index (κ2) is 6.97. The Morgan fingerprint density at radius 1 is 1.31 bits per heavy atom. The average molecular weight is 264 g/mol. The Hall–Kier alpha value is -0.480. The molecule has 0 amide bonds. The molecule has 5 heteroatoms. The number of hydrogen-bond acceptors (Lipinski definition) is 3. The Morgan fingerprint density at radius 3 is 2.50 bits per heavy atom. The highest BCUT2D eigenvalue weighted by Gasteiger charge is 2.04. The third-order valence-electron chi connectivity index (χ3n) is 1.92. The van der Waals surface area contributed by atoms with Gasteiger partial charge in [0.2, 0.25) is 0 Å². The molecule has 0 aliphatic heterocycles. The quantitative estimate of drug-likeness (QED) is 0.830. The molecule has 90 valence electrons. The summed E-state index contributed by atoms with van der Waals surface area (Å²) in [4.78, 5) is 0. The van der Waals surface area contributed by atoms with Gasteiger partial charge in [-0.2, -0.15) is 0 Å². The Kier molecular flexibility index (Phi) is 5.91. The molecule has 0 aliphatic rings. The lowest BCUT2D eigenvalue weighted by molar-refractivity contribution is 0.0496. The van der Waals surface area contributed by atoms with Crippen LogP contribution < -0.4 is 5.32 Å². The maximum Gasteiger partial charge on any atom is 0.0945 e. The van der Waals surface area contributed by atoms with Crippen molar-refractivity contribution in [3.8, 4) is 0 Å². The van der Waals surface area contributed by atoms with Gasteiger partial charge >= 0.3 is 0 Å². The number of aliphatic hydroxyl groups is 1. The monoisotopic (exact) mass is 263 g/mol. The second-order valence-corrected chi connectivity index (χ2v) is 4.23. The molecular formula is C11H15Cl2NO2. The number of halogens is 2. The van der Waals surface area contributed by atoms with E-state index >= 15 is 0 Å². The van der Waals surface area contributed by atoms with E-state index in [2.05, 4.69) is 5.32 Å². The molecule has 0 bridgehead atoms. The number of benzene rings is 1. The van der Waals surface area contributed by atoms with E-state index < -0.39 is 6.10 Å². The Labute approximate surface area is 105 Å². The van der Waals surface area contributed by atoms with Gasteiger partial charge in [-0.1, -0.05) is 23.2 Å². The van der Waals surface area contributed by atoms with Gasteiger partial charge in [0.05, 0.1) is 12.7 Å². The van der Waals surface area contributed by atoms with Crippen LogP contribution in [-0.4, -0.2) is 31.0 Å². The Balaban J connectivity index is 2.41. The maximum atomic E-state index is 9.53. The summed E-state index contributed by atoms with van der Waals surface area (Å²) in [7, 11) is 0. The zero-order valence-electron chi connectivity index (χ0n) is 9.04. The van der Waals surface area contributed by atoms with Crippen molar-refractivity contribution in [3.05, 3.63) is 28.2 Å². The van der Waals surface area contributed by atoms with Crippen LogP contribution in [0.25, 0.3) is 0 Å². The zero-order valence-corrected chi connectivity index (χ0v) is 10.6. The summed E-state index contributed by atoms with van der Waals surface area (Å²) >= 11 is 11.7. The van der Waals surface area contributed by atoms with Gasteiger partial charge in [-0.3, -0.25) is 0 Å². The molecule has 0 spiro atoms. The molecule has 1 aromatic carbocycles. The van der Waals surface area contributed by atoms with Gasteiger partial charge in [0.1, 0.15) is 0 Å². The SMILES string of the molecule is CCOCC(O)CNc1cc(Cl)cc(Cl)c1. The molecule has 2 N–H and O–H groups in total. The minimum absolute atomic E-state index is 0.317. The highest BCUT2D eigenvalue weighted by Crippen LogP contribution is 2.22. The van der Waals surface area contributed by atoms with Gasteiger partial charge < -0.3 is 15.2 Å². The van der Waals surface area contributed by atoms with Crippen LogP contribution in [0.1, 0.15) is 6.92 Å². The molecule has 0 heterocycles. The second-order valence-electron chi connectivity index (χ2n) is 3.35. The van der Waals surface area contributed by atoms with Crippen molar-refractivity contribution in [2.24, 2.45) is 0 Å². The van der Waals surface area contributed by atoms with E-state index in [-0.39, 0.29) is 0 Å². The Morgan fingerprint density at radius 2 is 1.94 bits per heavy atom. The first-order chi connectivity index (χ1) is 7.61. The van der Waals surface area contributed by atoms with Crippen LogP contribution in [0.3, 0.4) is 0 Å². The summed E-state index contributed by atoms with van der Waals surface area (Å²) in [6, 6.07) is 5.16. The minimum Gasteiger partial charge on any atom is -0.389 e. The summed E-state index contributed by atoms with van der Waals surface area (Å²) in [5.41, 5.74) is 0.785. The predicted octanol–water partition coefficient (Wildman–Crippen LogP) is 2.80. The van der Waals surface area contributed by atoms with Crippen LogP contribution in [0, 0.1) is 0 Å². The van der Waals surface area contributed by atoms with Crippen LogP contribution in [0.15, 0.2) is 18.2 Å².